The van der Waals surface area contributed by atoms with Crippen LogP contribution in [0.3, 0.4) is 0 Å². The molecular formula is C13H8ClN3Se. The molecule has 0 unspecified atom stereocenters. The monoisotopic (exact) mass is 321 g/mol. The van der Waals surface area contributed by atoms with Crippen LogP contribution in [0.5, 0.6) is 0 Å². The van der Waals surface area contributed by atoms with E-state index in [0.29, 0.717) is 9.35 Å². The first-order valence-corrected chi connectivity index (χ1v) is 6.59. The van der Waals surface area contributed by atoms with Crippen LogP contribution in [0.15, 0.2) is 48.7 Å². The fraction of sp³-hybridized carbons (Fsp3) is 0. The van der Waals surface area contributed by atoms with E-state index in [1.54, 1.807) is 0 Å². The first kappa shape index (κ1) is 11.6. The zero-order chi connectivity index (χ0) is 12.5. The van der Waals surface area contributed by atoms with Crippen LogP contribution in [0.1, 0.15) is 0 Å². The van der Waals surface area contributed by atoms with Gasteiger partial charge in [0.25, 0.3) is 0 Å². The van der Waals surface area contributed by atoms with Gasteiger partial charge >= 0.3 is 117 Å². The molecule has 18 heavy (non-hydrogen) atoms. The van der Waals surface area contributed by atoms with Gasteiger partial charge in [0.15, 0.2) is 0 Å². The Bertz CT molecular complexity index is 765. The molecular weight excluding hydrogens is 313 g/mol. The van der Waals surface area contributed by atoms with Crippen molar-refractivity contribution in [1.82, 2.24) is 14.4 Å². The Hall–Kier alpha value is -1.48. The molecule has 2 heterocycles. The summed E-state index contributed by atoms with van der Waals surface area (Å²) in [5.74, 6) is 0.839. The van der Waals surface area contributed by atoms with Crippen LogP contribution < -0.4 is 0 Å². The Morgan fingerprint density at radius 2 is 1.78 bits per heavy atom. The van der Waals surface area contributed by atoms with Gasteiger partial charge in [-0.05, 0) is 0 Å². The molecule has 3 nitrogen and oxygen atoms in total. The molecule has 0 aliphatic heterocycles. The van der Waals surface area contributed by atoms with Crippen molar-refractivity contribution in [2.75, 3.05) is 0 Å². The van der Waals surface area contributed by atoms with Crippen molar-refractivity contribution in [3.8, 4) is 11.4 Å². The van der Waals surface area contributed by atoms with Gasteiger partial charge in [-0.25, -0.2) is 0 Å². The van der Waals surface area contributed by atoms with Gasteiger partial charge in [0.05, 0.1) is 0 Å². The normalized spacial score (nSPS) is 10.7. The first-order chi connectivity index (χ1) is 8.74. The van der Waals surface area contributed by atoms with Gasteiger partial charge in [-0.2, -0.15) is 0 Å². The summed E-state index contributed by atoms with van der Waals surface area (Å²) in [5, 5.41) is 0.713. The fourth-order valence-electron chi connectivity index (χ4n) is 1.77. The molecule has 1 aromatic carbocycles. The van der Waals surface area contributed by atoms with E-state index in [-0.39, 0.29) is 0 Å². The topological polar surface area (TPSA) is 30.2 Å². The van der Waals surface area contributed by atoms with Gasteiger partial charge in [0.2, 0.25) is 0 Å². The molecule has 3 aromatic rings. The average molecular weight is 321 g/mol. The van der Waals surface area contributed by atoms with E-state index in [2.05, 4.69) is 25.5 Å². The van der Waals surface area contributed by atoms with Crippen LogP contribution in [0.2, 0.25) is 5.02 Å². The summed E-state index contributed by atoms with van der Waals surface area (Å²) in [6.07, 6.45) is 1.94. The molecule has 0 amide bonds. The second-order valence-electron chi connectivity index (χ2n) is 3.77. The molecule has 0 atom stereocenters. The molecule has 0 saturated carbocycles. The summed E-state index contributed by atoms with van der Waals surface area (Å²) in [4.78, 5) is 8.80. The van der Waals surface area contributed by atoms with Crippen LogP contribution in [0, 0.1) is 4.32 Å². The van der Waals surface area contributed by atoms with E-state index in [4.69, 9.17) is 11.6 Å². The number of nitrogens with zero attached hydrogens (tertiary/aromatic N) is 3. The number of halogens is 1. The Morgan fingerprint density at radius 3 is 2.56 bits per heavy atom. The maximum absolute atomic E-state index is 5.90. The SMILES string of the molecule is Clc1ccc(-c2nc(=[Se])nc3ccccn23)cc1. The molecule has 5 heteroatoms. The van der Waals surface area contributed by atoms with E-state index >= 15 is 0 Å². The molecule has 0 bridgehead atoms. The molecule has 0 fully saturated rings. The summed E-state index contributed by atoms with van der Waals surface area (Å²) in [7, 11) is 0. The summed E-state index contributed by atoms with van der Waals surface area (Å²) in [6.45, 7) is 0. The van der Waals surface area contributed by atoms with Gasteiger partial charge in [-0.3, -0.25) is 0 Å². The number of rotatable bonds is 1. The van der Waals surface area contributed by atoms with Crippen LogP contribution in [-0.2, 0) is 0 Å². The second-order valence-corrected chi connectivity index (χ2v) is 4.97. The van der Waals surface area contributed by atoms with E-state index in [1.165, 1.54) is 0 Å². The summed E-state index contributed by atoms with van der Waals surface area (Å²) in [6, 6.07) is 13.5. The molecule has 88 valence electrons. The molecule has 0 aliphatic carbocycles. The van der Waals surface area contributed by atoms with Crippen molar-refractivity contribution in [1.29, 1.82) is 0 Å². The molecule has 0 spiro atoms. The third-order valence-electron chi connectivity index (χ3n) is 2.58. The summed E-state index contributed by atoms with van der Waals surface area (Å²) >= 11 is 8.76. The molecule has 3 rings (SSSR count). The quantitative estimate of drug-likeness (QED) is 0.645. The van der Waals surface area contributed by atoms with Crippen LogP contribution in [-0.4, -0.2) is 29.9 Å². The van der Waals surface area contributed by atoms with Crippen molar-refractivity contribution in [3.63, 3.8) is 0 Å². The zero-order valence-corrected chi connectivity index (χ0v) is 11.7. The van der Waals surface area contributed by atoms with E-state index in [0.717, 1.165) is 17.0 Å². The van der Waals surface area contributed by atoms with Crippen molar-refractivity contribution in [2.45, 2.75) is 0 Å². The number of fused-ring (bicyclic) bond motifs is 1. The number of hydrogen-bond donors (Lipinski definition) is 0. The number of hydrogen-bond acceptors (Lipinski definition) is 2. The molecule has 0 N–H and O–H groups in total. The zero-order valence-electron chi connectivity index (χ0n) is 9.25. The Labute approximate surface area is 116 Å². The van der Waals surface area contributed by atoms with Crippen LogP contribution in [0.25, 0.3) is 17.0 Å². The molecule has 0 radical (unpaired) electrons. The molecule has 2 aromatic heterocycles. The summed E-state index contributed by atoms with van der Waals surface area (Å²) < 4.78 is 2.58. The fourth-order valence-corrected chi connectivity index (χ4v) is 2.28. The Balaban J connectivity index is 2.34. The number of aromatic nitrogens is 3. The Kier molecular flexibility index (Phi) is 3.00. The second kappa shape index (κ2) is 4.65. The third-order valence-corrected chi connectivity index (χ3v) is 3.22. The van der Waals surface area contributed by atoms with Gasteiger partial charge in [-0.15, -0.1) is 0 Å². The third kappa shape index (κ3) is 2.10. The number of benzene rings is 1. The maximum atomic E-state index is 5.90. The van der Waals surface area contributed by atoms with E-state index in [1.807, 2.05) is 53.1 Å². The van der Waals surface area contributed by atoms with Gasteiger partial charge in [0, 0.05) is 0 Å². The van der Waals surface area contributed by atoms with Crippen LogP contribution in [0.4, 0.5) is 0 Å². The standard InChI is InChI=1S/C13H8ClN3Se/c14-10-6-4-9(5-7-10)12-16-13(18)15-11-3-1-2-8-17(11)12/h1-8H. The van der Waals surface area contributed by atoms with Crippen molar-refractivity contribution >= 4 is 32.8 Å². The number of pyridine rings is 1. The van der Waals surface area contributed by atoms with Crippen molar-refractivity contribution in [2.24, 2.45) is 0 Å². The van der Waals surface area contributed by atoms with Crippen molar-refractivity contribution < 1.29 is 0 Å². The summed E-state index contributed by atoms with van der Waals surface area (Å²) in [5.41, 5.74) is 1.85. The van der Waals surface area contributed by atoms with Gasteiger partial charge in [0.1, 0.15) is 0 Å². The minimum atomic E-state index is 0.631. The first-order valence-electron chi connectivity index (χ1n) is 5.35. The molecule has 0 aliphatic rings. The predicted octanol–water partition coefficient (Wildman–Crippen LogP) is 2.75. The Morgan fingerprint density at radius 1 is 1.00 bits per heavy atom. The molecule has 0 saturated heterocycles. The predicted molar refractivity (Wildman–Crippen MR) is 72.4 cm³/mol. The average Bonchev–Trinajstić information content (AvgIpc) is 2.38. The van der Waals surface area contributed by atoms with Crippen LogP contribution >= 0.6 is 11.6 Å². The van der Waals surface area contributed by atoms with Crippen molar-refractivity contribution in [3.05, 3.63) is 58.0 Å². The van der Waals surface area contributed by atoms with E-state index in [9.17, 15) is 0 Å². The minimum absolute atomic E-state index is 0.631. The van der Waals surface area contributed by atoms with Gasteiger partial charge in [-0.1, -0.05) is 0 Å². The van der Waals surface area contributed by atoms with E-state index < -0.39 is 0 Å². The van der Waals surface area contributed by atoms with Gasteiger partial charge < -0.3 is 0 Å².